The van der Waals surface area contributed by atoms with Gasteiger partial charge in [0.2, 0.25) is 11.8 Å². The fourth-order valence-electron chi connectivity index (χ4n) is 3.82. The van der Waals surface area contributed by atoms with Crippen molar-refractivity contribution in [2.75, 3.05) is 18.0 Å². The highest BCUT2D eigenvalue weighted by atomic mass is 16.2. The van der Waals surface area contributed by atoms with E-state index in [1.807, 2.05) is 48.5 Å². The van der Waals surface area contributed by atoms with Gasteiger partial charge < -0.3 is 10.3 Å². The first-order chi connectivity index (χ1) is 14.2. The number of fused-ring (bicyclic) bond motifs is 2. The van der Waals surface area contributed by atoms with E-state index in [9.17, 15) is 9.59 Å². The summed E-state index contributed by atoms with van der Waals surface area (Å²) in [6, 6.07) is 15.5. The molecule has 2 aromatic carbocycles. The van der Waals surface area contributed by atoms with Gasteiger partial charge in [0, 0.05) is 31.3 Å². The van der Waals surface area contributed by atoms with Crippen LogP contribution in [0.3, 0.4) is 0 Å². The standard InChI is InChI=1S/C21H20N6O2/c28-19-11-13(12-27(19)20-14-5-1-2-6-15(14)25-26-20)21(29)22-10-9-18-23-16-7-3-4-8-17(16)24-18/h1-8,13H,9-12H2,(H,22,29)(H,23,24)(H,25,26)/t13-/m1/s1. The van der Waals surface area contributed by atoms with Crippen LogP contribution in [0.1, 0.15) is 12.2 Å². The Morgan fingerprint density at radius 2 is 1.93 bits per heavy atom. The molecular formula is C21H20N6O2. The zero-order valence-electron chi connectivity index (χ0n) is 15.7. The first-order valence-electron chi connectivity index (χ1n) is 9.64. The zero-order chi connectivity index (χ0) is 19.8. The second-order valence-corrected chi connectivity index (χ2v) is 7.24. The van der Waals surface area contributed by atoms with Crippen LogP contribution in [0.4, 0.5) is 5.82 Å². The average Bonchev–Trinajstić information content (AvgIpc) is 3.43. The molecule has 3 N–H and O–H groups in total. The maximum atomic E-state index is 12.6. The normalized spacial score (nSPS) is 16.8. The fraction of sp³-hybridized carbons (Fsp3) is 0.238. The summed E-state index contributed by atoms with van der Waals surface area (Å²) in [4.78, 5) is 34.5. The van der Waals surface area contributed by atoms with Gasteiger partial charge in [-0.05, 0) is 24.3 Å². The summed E-state index contributed by atoms with van der Waals surface area (Å²) in [6.45, 7) is 0.804. The molecule has 0 unspecified atom stereocenters. The number of anilines is 1. The number of carbonyl (C=O) groups is 2. The lowest BCUT2D eigenvalue weighted by Crippen LogP contribution is -2.34. The molecule has 1 aliphatic rings. The summed E-state index contributed by atoms with van der Waals surface area (Å²) in [7, 11) is 0. The number of hydrogen-bond acceptors (Lipinski definition) is 4. The van der Waals surface area contributed by atoms with Gasteiger partial charge >= 0.3 is 0 Å². The quantitative estimate of drug-likeness (QED) is 0.487. The Labute approximate surface area is 166 Å². The van der Waals surface area contributed by atoms with E-state index in [0.717, 1.165) is 27.8 Å². The summed E-state index contributed by atoms with van der Waals surface area (Å²) in [6.07, 6.45) is 0.798. The molecule has 146 valence electrons. The Bertz CT molecular complexity index is 1180. The molecule has 1 fully saturated rings. The van der Waals surface area contributed by atoms with E-state index in [1.165, 1.54) is 0 Å². The second-order valence-electron chi connectivity index (χ2n) is 7.24. The van der Waals surface area contributed by atoms with Crippen LogP contribution in [0.2, 0.25) is 0 Å². The van der Waals surface area contributed by atoms with Crippen molar-refractivity contribution in [3.63, 3.8) is 0 Å². The molecule has 8 nitrogen and oxygen atoms in total. The van der Waals surface area contributed by atoms with E-state index in [-0.39, 0.29) is 24.2 Å². The second kappa shape index (κ2) is 7.05. The minimum Gasteiger partial charge on any atom is -0.355 e. The van der Waals surface area contributed by atoms with Gasteiger partial charge in [-0.15, -0.1) is 0 Å². The maximum absolute atomic E-state index is 12.6. The number of rotatable bonds is 5. The van der Waals surface area contributed by atoms with Gasteiger partial charge in [0.25, 0.3) is 0 Å². The third kappa shape index (κ3) is 3.22. The molecule has 0 radical (unpaired) electrons. The number of aromatic nitrogens is 4. The monoisotopic (exact) mass is 388 g/mol. The smallest absolute Gasteiger partial charge is 0.229 e. The topological polar surface area (TPSA) is 107 Å². The molecule has 29 heavy (non-hydrogen) atoms. The van der Waals surface area contributed by atoms with Gasteiger partial charge in [-0.2, -0.15) is 5.10 Å². The molecule has 8 heteroatoms. The van der Waals surface area contributed by atoms with Gasteiger partial charge in [-0.1, -0.05) is 24.3 Å². The minimum absolute atomic E-state index is 0.0836. The Balaban J connectivity index is 1.21. The van der Waals surface area contributed by atoms with Gasteiger partial charge in [-0.3, -0.25) is 19.6 Å². The predicted molar refractivity (Wildman–Crippen MR) is 109 cm³/mol. The lowest BCUT2D eigenvalue weighted by molar-refractivity contribution is -0.126. The van der Waals surface area contributed by atoms with Crippen molar-refractivity contribution in [3.8, 4) is 0 Å². The molecule has 3 heterocycles. The van der Waals surface area contributed by atoms with E-state index in [2.05, 4.69) is 25.5 Å². The fourth-order valence-corrected chi connectivity index (χ4v) is 3.82. The Hall–Kier alpha value is -3.68. The number of H-pyrrole nitrogens is 2. The van der Waals surface area contributed by atoms with Crippen LogP contribution >= 0.6 is 0 Å². The summed E-state index contributed by atoms with van der Waals surface area (Å²) in [5.74, 6) is 0.840. The number of amides is 2. The summed E-state index contributed by atoms with van der Waals surface area (Å²) >= 11 is 0. The highest BCUT2D eigenvalue weighted by Crippen LogP contribution is 2.29. The lowest BCUT2D eigenvalue weighted by atomic mass is 10.1. The van der Waals surface area contributed by atoms with Crippen molar-refractivity contribution in [1.82, 2.24) is 25.5 Å². The van der Waals surface area contributed by atoms with Gasteiger partial charge in [-0.25, -0.2) is 4.98 Å². The van der Waals surface area contributed by atoms with Gasteiger partial charge in [0.15, 0.2) is 5.82 Å². The SMILES string of the molecule is O=C(NCCc1nc2ccccc2[nH]1)[C@@H]1CC(=O)N(c2n[nH]c3ccccc23)C1. The molecule has 0 spiro atoms. The highest BCUT2D eigenvalue weighted by Gasteiger charge is 2.36. The number of imidazole rings is 1. The summed E-state index contributed by atoms with van der Waals surface area (Å²) < 4.78 is 0. The maximum Gasteiger partial charge on any atom is 0.229 e. The number of nitrogens with zero attached hydrogens (tertiary/aromatic N) is 3. The van der Waals surface area contributed by atoms with Crippen molar-refractivity contribution in [2.45, 2.75) is 12.8 Å². The minimum atomic E-state index is -0.381. The first-order valence-corrected chi connectivity index (χ1v) is 9.64. The molecule has 2 aromatic heterocycles. The van der Waals surface area contributed by atoms with Crippen molar-refractivity contribution in [1.29, 1.82) is 0 Å². The summed E-state index contributed by atoms with van der Waals surface area (Å²) in [5.41, 5.74) is 2.77. The zero-order valence-corrected chi connectivity index (χ0v) is 15.7. The van der Waals surface area contributed by atoms with Crippen molar-refractivity contribution < 1.29 is 9.59 Å². The van der Waals surface area contributed by atoms with Crippen molar-refractivity contribution >= 4 is 39.6 Å². The number of carbonyl (C=O) groups excluding carboxylic acids is 2. The third-order valence-electron chi connectivity index (χ3n) is 5.30. The molecule has 1 aliphatic heterocycles. The molecular weight excluding hydrogens is 368 g/mol. The van der Waals surface area contributed by atoms with Crippen LogP contribution in [0.15, 0.2) is 48.5 Å². The van der Waals surface area contributed by atoms with Crippen LogP contribution in [-0.2, 0) is 16.0 Å². The molecule has 1 saturated heterocycles. The molecule has 0 aliphatic carbocycles. The Morgan fingerprint density at radius 3 is 2.79 bits per heavy atom. The summed E-state index contributed by atoms with van der Waals surface area (Å²) in [5, 5.41) is 11.0. The predicted octanol–water partition coefficient (Wildman–Crippen LogP) is 2.15. The Morgan fingerprint density at radius 1 is 1.14 bits per heavy atom. The van der Waals surface area contributed by atoms with Crippen LogP contribution < -0.4 is 10.2 Å². The number of hydrogen-bond donors (Lipinski definition) is 3. The number of benzene rings is 2. The molecule has 0 saturated carbocycles. The number of nitrogens with one attached hydrogen (secondary N) is 3. The first kappa shape index (κ1) is 17.4. The Kier molecular flexibility index (Phi) is 4.23. The van der Waals surface area contributed by atoms with Crippen molar-refractivity contribution in [3.05, 3.63) is 54.4 Å². The molecule has 2 amide bonds. The van der Waals surface area contributed by atoms with E-state index >= 15 is 0 Å². The molecule has 1 atom stereocenters. The van der Waals surface area contributed by atoms with Gasteiger partial charge in [0.1, 0.15) is 5.82 Å². The van der Waals surface area contributed by atoms with Crippen LogP contribution in [0.5, 0.6) is 0 Å². The van der Waals surface area contributed by atoms with E-state index in [1.54, 1.807) is 4.90 Å². The van der Waals surface area contributed by atoms with Gasteiger partial charge in [0.05, 0.1) is 22.5 Å². The number of aromatic amines is 2. The van der Waals surface area contributed by atoms with Crippen LogP contribution in [-0.4, -0.2) is 45.1 Å². The molecule has 5 rings (SSSR count). The third-order valence-corrected chi connectivity index (χ3v) is 5.30. The molecule has 4 aromatic rings. The molecule has 0 bridgehead atoms. The number of para-hydroxylation sites is 3. The van der Waals surface area contributed by atoms with E-state index in [0.29, 0.717) is 25.3 Å². The average molecular weight is 388 g/mol. The lowest BCUT2D eigenvalue weighted by Gasteiger charge is -2.14. The highest BCUT2D eigenvalue weighted by molar-refractivity contribution is 6.05. The van der Waals surface area contributed by atoms with Crippen molar-refractivity contribution in [2.24, 2.45) is 5.92 Å². The largest absolute Gasteiger partial charge is 0.355 e. The van der Waals surface area contributed by atoms with E-state index in [4.69, 9.17) is 0 Å². The van der Waals surface area contributed by atoms with E-state index < -0.39 is 0 Å². The van der Waals surface area contributed by atoms with Crippen LogP contribution in [0.25, 0.3) is 21.9 Å². The van der Waals surface area contributed by atoms with Crippen LogP contribution in [0, 0.1) is 5.92 Å².